The summed E-state index contributed by atoms with van der Waals surface area (Å²) in [7, 11) is 2.80. The van der Waals surface area contributed by atoms with Crippen molar-refractivity contribution in [2.75, 3.05) is 24.8 Å². The zero-order chi connectivity index (χ0) is 34.0. The van der Waals surface area contributed by atoms with Crippen LogP contribution in [0.2, 0.25) is 10.2 Å². The Hall–Kier alpha value is -5.86. The van der Waals surface area contributed by atoms with Crippen LogP contribution in [-0.2, 0) is 16.0 Å². The first-order chi connectivity index (χ1) is 23.2. The van der Waals surface area contributed by atoms with Gasteiger partial charge in [-0.3, -0.25) is 10.1 Å². The van der Waals surface area contributed by atoms with Crippen LogP contribution in [0.25, 0.3) is 22.9 Å². The summed E-state index contributed by atoms with van der Waals surface area (Å²) >= 11 is 12.7. The number of nitrogens with zero attached hydrogens (tertiary/aromatic N) is 6. The molecule has 0 radical (unpaired) electrons. The van der Waals surface area contributed by atoms with E-state index < -0.39 is 18.0 Å². The smallest absolute Gasteiger partial charge is 0.411 e. The van der Waals surface area contributed by atoms with Crippen LogP contribution in [0.15, 0.2) is 85.2 Å². The van der Waals surface area contributed by atoms with Gasteiger partial charge in [-0.05, 0) is 82.6 Å². The Morgan fingerprint density at radius 1 is 0.938 bits per heavy atom. The zero-order valence-electron chi connectivity index (χ0n) is 25.5. The minimum absolute atomic E-state index is 0.151. The van der Waals surface area contributed by atoms with Gasteiger partial charge in [0.1, 0.15) is 6.33 Å². The van der Waals surface area contributed by atoms with Crippen LogP contribution in [0.5, 0.6) is 0 Å². The summed E-state index contributed by atoms with van der Waals surface area (Å²) < 4.78 is 6.11. The molecule has 5 aromatic rings. The van der Waals surface area contributed by atoms with E-state index in [4.69, 9.17) is 23.2 Å². The van der Waals surface area contributed by atoms with Gasteiger partial charge < -0.3 is 20.7 Å². The third-order valence-corrected chi connectivity index (χ3v) is 7.46. The Labute approximate surface area is 284 Å². The molecule has 244 valence electrons. The molecule has 14 nitrogen and oxygen atoms in total. The van der Waals surface area contributed by atoms with Gasteiger partial charge >= 0.3 is 12.1 Å². The Morgan fingerprint density at radius 2 is 1.67 bits per heavy atom. The van der Waals surface area contributed by atoms with Gasteiger partial charge in [-0.15, -0.1) is 10.2 Å². The standard InChI is InChI=1S/C32H28Cl2N10O4/c1-35-31(46)37-23-9-3-19(4-10-23)15-26(39-29(45)14-7-21-16-22(33)8-13-28(21)44-18-36-42-43-44)27-17-25(30(34)41-40-27)20-5-11-24(12-6-20)38-32(47)48-2/h3-14,16-18,26H,15H2,1-2H3,(H,38,47)(H,39,45)(H2,35,37,46). The van der Waals surface area contributed by atoms with Crippen molar-refractivity contribution < 1.29 is 19.1 Å². The monoisotopic (exact) mass is 686 g/mol. The average Bonchev–Trinajstić information content (AvgIpc) is 3.63. The van der Waals surface area contributed by atoms with Crippen LogP contribution in [0.1, 0.15) is 22.9 Å². The Bertz CT molecular complexity index is 1940. The fourth-order valence-corrected chi connectivity index (χ4v) is 4.96. The number of tetrazole rings is 1. The first-order valence-corrected chi connectivity index (χ1v) is 15.1. The molecule has 16 heteroatoms. The molecule has 0 spiro atoms. The molecule has 0 bridgehead atoms. The number of ether oxygens (including phenoxy) is 1. The zero-order valence-corrected chi connectivity index (χ0v) is 27.0. The number of benzene rings is 3. The number of halogens is 2. The number of carbonyl (C=O) groups is 3. The summed E-state index contributed by atoms with van der Waals surface area (Å²) in [6.07, 6.45) is 4.15. The maximum absolute atomic E-state index is 13.4. The van der Waals surface area contributed by atoms with E-state index in [-0.39, 0.29) is 11.2 Å². The van der Waals surface area contributed by atoms with Crippen LogP contribution < -0.4 is 21.3 Å². The van der Waals surface area contributed by atoms with Crippen molar-refractivity contribution in [1.82, 2.24) is 41.0 Å². The first-order valence-electron chi connectivity index (χ1n) is 14.3. The van der Waals surface area contributed by atoms with Gasteiger partial charge in [-0.25, -0.2) is 9.59 Å². The third kappa shape index (κ3) is 8.69. The van der Waals surface area contributed by atoms with Crippen molar-refractivity contribution >= 4 is 58.7 Å². The molecule has 0 aliphatic carbocycles. The van der Waals surface area contributed by atoms with E-state index in [9.17, 15) is 14.4 Å². The van der Waals surface area contributed by atoms with E-state index in [1.807, 2.05) is 12.1 Å². The highest BCUT2D eigenvalue weighted by molar-refractivity contribution is 6.32. The van der Waals surface area contributed by atoms with Crippen molar-refractivity contribution in [1.29, 1.82) is 0 Å². The molecule has 48 heavy (non-hydrogen) atoms. The Kier molecular flexibility index (Phi) is 10.9. The maximum atomic E-state index is 13.4. The van der Waals surface area contributed by atoms with E-state index in [1.54, 1.807) is 66.7 Å². The second-order valence-corrected chi connectivity index (χ2v) is 10.9. The number of rotatable bonds is 10. The van der Waals surface area contributed by atoms with Gasteiger partial charge in [0, 0.05) is 40.6 Å². The number of aromatic nitrogens is 6. The Morgan fingerprint density at radius 3 is 2.35 bits per heavy atom. The molecule has 0 aliphatic heterocycles. The SMILES string of the molecule is CNC(=O)Nc1ccc(CC(NC(=O)C=Cc2cc(Cl)ccc2-n2cnnn2)c2cc(-c3ccc(NC(=O)OC)cc3)c(Cl)nn2)cc1. The van der Waals surface area contributed by atoms with Gasteiger partial charge in [-0.1, -0.05) is 47.5 Å². The molecule has 0 saturated heterocycles. The number of hydrogen-bond acceptors (Lipinski definition) is 9. The fourth-order valence-electron chi connectivity index (χ4n) is 4.57. The van der Waals surface area contributed by atoms with Crippen LogP contribution in [0.3, 0.4) is 0 Å². The van der Waals surface area contributed by atoms with Crippen molar-refractivity contribution in [2.45, 2.75) is 12.5 Å². The lowest BCUT2D eigenvalue weighted by atomic mass is 10.00. The number of nitrogens with one attached hydrogen (secondary N) is 4. The highest BCUT2D eigenvalue weighted by atomic mass is 35.5. The second-order valence-electron chi connectivity index (χ2n) is 10.1. The molecule has 0 saturated carbocycles. The number of anilines is 2. The van der Waals surface area contributed by atoms with Gasteiger partial charge in [0.2, 0.25) is 5.91 Å². The molecule has 0 fully saturated rings. The summed E-state index contributed by atoms with van der Waals surface area (Å²) in [5, 5.41) is 31.2. The van der Waals surface area contributed by atoms with Crippen molar-refractivity contribution in [2.24, 2.45) is 0 Å². The van der Waals surface area contributed by atoms with Gasteiger partial charge in [0.05, 0.1) is 24.5 Å². The molecule has 2 aromatic heterocycles. The largest absolute Gasteiger partial charge is 0.453 e. The van der Waals surface area contributed by atoms with E-state index >= 15 is 0 Å². The molecular formula is C32H28Cl2N10O4. The van der Waals surface area contributed by atoms with Crippen molar-refractivity contribution in [3.63, 3.8) is 0 Å². The number of methoxy groups -OCH3 is 1. The van der Waals surface area contributed by atoms with E-state index in [1.165, 1.54) is 31.2 Å². The van der Waals surface area contributed by atoms with E-state index in [0.29, 0.717) is 50.9 Å². The van der Waals surface area contributed by atoms with Gasteiger partial charge in [-0.2, -0.15) is 9.78 Å². The maximum Gasteiger partial charge on any atom is 0.411 e. The number of hydrogen-bond donors (Lipinski definition) is 4. The molecule has 4 amide bonds. The van der Waals surface area contributed by atoms with Gasteiger partial charge in [0.15, 0.2) is 5.15 Å². The summed E-state index contributed by atoms with van der Waals surface area (Å²) in [4.78, 5) is 36.7. The van der Waals surface area contributed by atoms with E-state index in [2.05, 4.69) is 51.7 Å². The van der Waals surface area contributed by atoms with Gasteiger partial charge in [0.25, 0.3) is 0 Å². The summed E-state index contributed by atoms with van der Waals surface area (Å²) in [6.45, 7) is 0. The van der Waals surface area contributed by atoms with Crippen LogP contribution in [0.4, 0.5) is 21.0 Å². The third-order valence-electron chi connectivity index (χ3n) is 6.95. The molecule has 1 unspecified atom stereocenters. The summed E-state index contributed by atoms with van der Waals surface area (Å²) in [6, 6.07) is 20.0. The predicted molar refractivity (Wildman–Crippen MR) is 181 cm³/mol. The molecular weight excluding hydrogens is 659 g/mol. The average molecular weight is 688 g/mol. The summed E-state index contributed by atoms with van der Waals surface area (Å²) in [5.41, 5.74) is 4.92. The Balaban J connectivity index is 1.43. The van der Waals surface area contributed by atoms with Crippen molar-refractivity contribution in [3.05, 3.63) is 112 Å². The summed E-state index contributed by atoms with van der Waals surface area (Å²) in [5.74, 6) is -0.419. The topological polar surface area (TPSA) is 178 Å². The lowest BCUT2D eigenvalue weighted by Crippen LogP contribution is -2.29. The predicted octanol–water partition coefficient (Wildman–Crippen LogP) is 5.47. The lowest BCUT2D eigenvalue weighted by Gasteiger charge is -2.19. The number of urea groups is 1. The number of carbonyl (C=O) groups excluding carboxylic acids is 3. The quantitative estimate of drug-likeness (QED) is 0.139. The molecule has 2 heterocycles. The molecule has 1 atom stereocenters. The molecule has 5 rings (SSSR count). The minimum Gasteiger partial charge on any atom is -0.453 e. The molecule has 4 N–H and O–H groups in total. The first kappa shape index (κ1) is 33.5. The lowest BCUT2D eigenvalue weighted by molar-refractivity contribution is -0.117. The number of amides is 4. The second kappa shape index (κ2) is 15.6. The fraction of sp³-hybridized carbons (Fsp3) is 0.125. The minimum atomic E-state index is -0.651. The normalized spacial score (nSPS) is 11.5. The molecule has 3 aromatic carbocycles. The van der Waals surface area contributed by atoms with Crippen LogP contribution in [0, 0.1) is 0 Å². The van der Waals surface area contributed by atoms with Crippen molar-refractivity contribution in [3.8, 4) is 16.8 Å². The van der Waals surface area contributed by atoms with E-state index in [0.717, 1.165) is 5.56 Å². The highest BCUT2D eigenvalue weighted by Crippen LogP contribution is 2.30. The highest BCUT2D eigenvalue weighted by Gasteiger charge is 2.20. The van der Waals surface area contributed by atoms with Crippen LogP contribution >= 0.6 is 23.2 Å². The molecule has 0 aliphatic rings. The van der Waals surface area contributed by atoms with Crippen LogP contribution in [-0.4, -0.2) is 62.6 Å².